The number of nitrogens with zero attached hydrogens (tertiary/aromatic N) is 2. The zero-order valence-corrected chi connectivity index (χ0v) is 16.0. The van der Waals surface area contributed by atoms with Crippen molar-refractivity contribution in [2.75, 3.05) is 5.32 Å². The standard InChI is InChI=1S/C21H16BrN3O/c1-12-9-16(15-5-3-4-6-18(15)23-12)21(26)25-20-10-13(2)24-19-8-7-14(22)11-17(19)20/h3-11H,1-2H3,(H,24,25,26). The van der Waals surface area contributed by atoms with Crippen molar-refractivity contribution in [2.24, 2.45) is 0 Å². The molecule has 0 aliphatic rings. The van der Waals surface area contributed by atoms with Crippen LogP contribution in [0.25, 0.3) is 21.8 Å². The maximum Gasteiger partial charge on any atom is 0.256 e. The fraction of sp³-hybridized carbons (Fsp3) is 0.0952. The van der Waals surface area contributed by atoms with Crippen LogP contribution in [0.5, 0.6) is 0 Å². The summed E-state index contributed by atoms with van der Waals surface area (Å²) in [6, 6.07) is 17.2. The Bertz CT molecular complexity index is 1170. The summed E-state index contributed by atoms with van der Waals surface area (Å²) in [6.45, 7) is 3.81. The molecule has 1 N–H and O–H groups in total. The number of halogens is 1. The summed E-state index contributed by atoms with van der Waals surface area (Å²) in [5.41, 5.74) is 4.69. The number of hydrogen-bond acceptors (Lipinski definition) is 3. The first-order valence-corrected chi connectivity index (χ1v) is 9.05. The number of para-hydroxylation sites is 1. The molecule has 0 saturated carbocycles. The van der Waals surface area contributed by atoms with E-state index < -0.39 is 0 Å². The van der Waals surface area contributed by atoms with E-state index in [4.69, 9.17) is 0 Å². The highest BCUT2D eigenvalue weighted by Crippen LogP contribution is 2.28. The smallest absolute Gasteiger partial charge is 0.256 e. The number of anilines is 1. The topological polar surface area (TPSA) is 54.9 Å². The lowest BCUT2D eigenvalue weighted by atomic mass is 10.1. The second-order valence-electron chi connectivity index (χ2n) is 6.26. The van der Waals surface area contributed by atoms with E-state index in [0.29, 0.717) is 5.56 Å². The van der Waals surface area contributed by atoms with Crippen LogP contribution >= 0.6 is 15.9 Å². The van der Waals surface area contributed by atoms with E-state index in [2.05, 4.69) is 31.2 Å². The predicted molar refractivity (Wildman–Crippen MR) is 109 cm³/mol. The molecular formula is C21H16BrN3O. The van der Waals surface area contributed by atoms with E-state index >= 15 is 0 Å². The number of aromatic nitrogens is 2. The van der Waals surface area contributed by atoms with Gasteiger partial charge in [0.1, 0.15) is 0 Å². The SMILES string of the molecule is Cc1cc(NC(=O)c2cc(C)nc3ccccc23)c2cc(Br)ccc2n1. The van der Waals surface area contributed by atoms with Crippen molar-refractivity contribution in [3.8, 4) is 0 Å². The molecule has 0 radical (unpaired) electrons. The third-order valence-electron chi connectivity index (χ3n) is 4.24. The van der Waals surface area contributed by atoms with Gasteiger partial charge in [0.2, 0.25) is 0 Å². The maximum atomic E-state index is 13.0. The summed E-state index contributed by atoms with van der Waals surface area (Å²) < 4.78 is 0.941. The zero-order chi connectivity index (χ0) is 18.3. The van der Waals surface area contributed by atoms with Crippen LogP contribution in [0, 0.1) is 13.8 Å². The summed E-state index contributed by atoms with van der Waals surface area (Å²) in [6.07, 6.45) is 0. The van der Waals surface area contributed by atoms with Crippen LogP contribution in [-0.2, 0) is 0 Å². The number of rotatable bonds is 2. The lowest BCUT2D eigenvalue weighted by Crippen LogP contribution is -2.14. The average molecular weight is 406 g/mol. The van der Waals surface area contributed by atoms with Crippen LogP contribution < -0.4 is 5.32 Å². The molecule has 2 heterocycles. The van der Waals surface area contributed by atoms with E-state index in [-0.39, 0.29) is 5.91 Å². The molecule has 4 nitrogen and oxygen atoms in total. The van der Waals surface area contributed by atoms with Crippen molar-refractivity contribution in [3.05, 3.63) is 76.0 Å². The van der Waals surface area contributed by atoms with Gasteiger partial charge in [-0.15, -0.1) is 0 Å². The van der Waals surface area contributed by atoms with E-state index in [1.165, 1.54) is 0 Å². The number of benzene rings is 2. The van der Waals surface area contributed by atoms with E-state index in [0.717, 1.165) is 43.4 Å². The number of pyridine rings is 2. The molecule has 2 aromatic carbocycles. The van der Waals surface area contributed by atoms with Crippen LogP contribution in [0.3, 0.4) is 0 Å². The van der Waals surface area contributed by atoms with Gasteiger partial charge in [0.05, 0.1) is 22.3 Å². The van der Waals surface area contributed by atoms with E-state index in [9.17, 15) is 4.79 Å². The van der Waals surface area contributed by atoms with Crippen LogP contribution in [0.4, 0.5) is 5.69 Å². The lowest BCUT2D eigenvalue weighted by Gasteiger charge is -2.12. The van der Waals surface area contributed by atoms with Crippen molar-refractivity contribution in [1.82, 2.24) is 9.97 Å². The zero-order valence-electron chi connectivity index (χ0n) is 14.4. The van der Waals surface area contributed by atoms with Crippen molar-refractivity contribution < 1.29 is 4.79 Å². The Balaban J connectivity index is 1.83. The minimum atomic E-state index is -0.154. The average Bonchev–Trinajstić information content (AvgIpc) is 2.61. The highest BCUT2D eigenvalue weighted by Gasteiger charge is 2.14. The number of carbonyl (C=O) groups is 1. The van der Waals surface area contributed by atoms with E-state index in [1.807, 2.05) is 68.4 Å². The molecule has 0 aliphatic heterocycles. The van der Waals surface area contributed by atoms with Gasteiger partial charge in [0.25, 0.3) is 5.91 Å². The number of hydrogen-bond donors (Lipinski definition) is 1. The molecule has 0 spiro atoms. The predicted octanol–water partition coefficient (Wildman–Crippen LogP) is 5.41. The van der Waals surface area contributed by atoms with Gasteiger partial charge < -0.3 is 5.32 Å². The Hall–Kier alpha value is -2.79. The fourth-order valence-corrected chi connectivity index (χ4v) is 3.48. The minimum Gasteiger partial charge on any atom is -0.321 e. The molecule has 5 heteroatoms. The van der Waals surface area contributed by atoms with Crippen LogP contribution in [0.15, 0.2) is 59.1 Å². The Morgan fingerprint density at radius 1 is 0.885 bits per heavy atom. The summed E-state index contributed by atoms with van der Waals surface area (Å²) >= 11 is 3.49. The third kappa shape index (κ3) is 3.06. The molecular weight excluding hydrogens is 390 g/mol. The molecule has 4 aromatic rings. The van der Waals surface area contributed by atoms with Gasteiger partial charge in [-0.25, -0.2) is 0 Å². The molecule has 2 aromatic heterocycles. The quantitative estimate of drug-likeness (QED) is 0.484. The Morgan fingerprint density at radius 2 is 1.58 bits per heavy atom. The molecule has 0 fully saturated rings. The molecule has 0 aliphatic carbocycles. The van der Waals surface area contributed by atoms with Crippen molar-refractivity contribution in [3.63, 3.8) is 0 Å². The highest BCUT2D eigenvalue weighted by molar-refractivity contribution is 9.10. The second kappa shape index (κ2) is 6.50. The lowest BCUT2D eigenvalue weighted by molar-refractivity contribution is 0.102. The highest BCUT2D eigenvalue weighted by atomic mass is 79.9. The Morgan fingerprint density at radius 3 is 2.38 bits per heavy atom. The van der Waals surface area contributed by atoms with Crippen LogP contribution in [0.2, 0.25) is 0 Å². The molecule has 128 valence electrons. The van der Waals surface area contributed by atoms with Crippen LogP contribution in [0.1, 0.15) is 21.7 Å². The van der Waals surface area contributed by atoms with Gasteiger partial charge in [-0.3, -0.25) is 14.8 Å². The summed E-state index contributed by atoms with van der Waals surface area (Å²) in [5, 5.41) is 4.80. The van der Waals surface area contributed by atoms with Gasteiger partial charge >= 0.3 is 0 Å². The van der Waals surface area contributed by atoms with Crippen molar-refractivity contribution in [1.29, 1.82) is 0 Å². The van der Waals surface area contributed by atoms with Gasteiger partial charge in [-0.2, -0.15) is 0 Å². The molecule has 0 unspecified atom stereocenters. The second-order valence-corrected chi connectivity index (χ2v) is 7.17. The molecule has 0 bridgehead atoms. The fourth-order valence-electron chi connectivity index (χ4n) is 3.12. The monoisotopic (exact) mass is 405 g/mol. The van der Waals surface area contributed by atoms with Gasteiger partial charge in [0, 0.05) is 26.6 Å². The molecule has 1 amide bonds. The van der Waals surface area contributed by atoms with E-state index in [1.54, 1.807) is 0 Å². The van der Waals surface area contributed by atoms with Gasteiger partial charge in [-0.1, -0.05) is 34.1 Å². The molecule has 26 heavy (non-hydrogen) atoms. The third-order valence-corrected chi connectivity index (χ3v) is 4.73. The normalized spacial score (nSPS) is 11.0. The largest absolute Gasteiger partial charge is 0.321 e. The Kier molecular flexibility index (Phi) is 4.17. The molecule has 0 saturated heterocycles. The Labute approximate surface area is 159 Å². The summed E-state index contributed by atoms with van der Waals surface area (Å²) in [5.74, 6) is -0.154. The number of nitrogens with one attached hydrogen (secondary N) is 1. The first kappa shape index (κ1) is 16.7. The minimum absolute atomic E-state index is 0.154. The van der Waals surface area contributed by atoms with Crippen molar-refractivity contribution >= 4 is 49.3 Å². The number of aryl methyl sites for hydroxylation is 2. The summed E-state index contributed by atoms with van der Waals surface area (Å²) in [4.78, 5) is 22.1. The van der Waals surface area contributed by atoms with Gasteiger partial charge in [-0.05, 0) is 50.2 Å². The number of amides is 1. The van der Waals surface area contributed by atoms with Crippen LogP contribution in [-0.4, -0.2) is 15.9 Å². The summed E-state index contributed by atoms with van der Waals surface area (Å²) in [7, 11) is 0. The molecule has 0 atom stereocenters. The number of fused-ring (bicyclic) bond motifs is 2. The first-order valence-electron chi connectivity index (χ1n) is 8.26. The molecule has 4 rings (SSSR count). The van der Waals surface area contributed by atoms with Gasteiger partial charge in [0.15, 0.2) is 0 Å². The maximum absolute atomic E-state index is 13.0. The number of carbonyl (C=O) groups excluding carboxylic acids is 1. The first-order chi connectivity index (χ1) is 12.5. The van der Waals surface area contributed by atoms with Crippen molar-refractivity contribution in [2.45, 2.75) is 13.8 Å².